The van der Waals surface area contributed by atoms with Crippen LogP contribution >= 0.6 is 15.9 Å². The lowest BCUT2D eigenvalue weighted by molar-refractivity contribution is 0.114. The van der Waals surface area contributed by atoms with Crippen molar-refractivity contribution >= 4 is 15.9 Å². The van der Waals surface area contributed by atoms with Crippen LogP contribution in [-0.2, 0) is 0 Å². The molecule has 0 aromatic heterocycles. The maximum absolute atomic E-state index is 9.95. The average molecular weight is 304 g/mol. The van der Waals surface area contributed by atoms with E-state index in [9.17, 15) is 5.11 Å². The van der Waals surface area contributed by atoms with Crippen molar-refractivity contribution in [2.75, 3.05) is 25.0 Å². The summed E-state index contributed by atoms with van der Waals surface area (Å²) in [6.07, 6.45) is 4.73. The molecule has 0 aromatic rings. The Morgan fingerprint density at radius 1 is 1.24 bits per heavy atom. The van der Waals surface area contributed by atoms with Gasteiger partial charge in [-0.25, -0.2) is 0 Å². The van der Waals surface area contributed by atoms with E-state index in [1.165, 1.54) is 32.4 Å². The number of aliphatic hydroxyl groups excluding tert-OH is 1. The number of hydrogen-bond donors (Lipinski definition) is 1. The van der Waals surface area contributed by atoms with Gasteiger partial charge in [-0.3, -0.25) is 0 Å². The van der Waals surface area contributed by atoms with E-state index in [2.05, 4.69) is 34.7 Å². The van der Waals surface area contributed by atoms with Crippen LogP contribution in [0.3, 0.4) is 0 Å². The summed E-state index contributed by atoms with van der Waals surface area (Å²) in [7, 11) is 0. The molecular weight excluding hydrogens is 278 g/mol. The topological polar surface area (TPSA) is 23.5 Å². The van der Waals surface area contributed by atoms with Crippen LogP contribution in [-0.4, -0.2) is 41.1 Å². The summed E-state index contributed by atoms with van der Waals surface area (Å²) in [4.78, 5) is 2.60. The van der Waals surface area contributed by atoms with Gasteiger partial charge in [0, 0.05) is 30.9 Å². The van der Waals surface area contributed by atoms with Gasteiger partial charge in [0.25, 0.3) is 0 Å². The summed E-state index contributed by atoms with van der Waals surface area (Å²) >= 11 is 3.70. The molecule has 2 fully saturated rings. The van der Waals surface area contributed by atoms with Gasteiger partial charge in [0.15, 0.2) is 0 Å². The van der Waals surface area contributed by atoms with Crippen molar-refractivity contribution < 1.29 is 5.11 Å². The number of aliphatic hydroxyl groups is 1. The van der Waals surface area contributed by atoms with Gasteiger partial charge >= 0.3 is 0 Å². The monoisotopic (exact) mass is 303 g/mol. The Morgan fingerprint density at radius 2 is 1.94 bits per heavy atom. The molecule has 2 aliphatic rings. The van der Waals surface area contributed by atoms with Crippen LogP contribution in [0.1, 0.15) is 39.5 Å². The molecule has 3 unspecified atom stereocenters. The third-order valence-corrected chi connectivity index (χ3v) is 6.43. The van der Waals surface area contributed by atoms with Crippen molar-refractivity contribution in [2.24, 2.45) is 17.3 Å². The van der Waals surface area contributed by atoms with E-state index in [1.54, 1.807) is 0 Å². The van der Waals surface area contributed by atoms with Gasteiger partial charge in [-0.1, -0.05) is 29.8 Å². The van der Waals surface area contributed by atoms with Crippen LogP contribution in [0.2, 0.25) is 0 Å². The predicted octanol–water partition coefficient (Wildman–Crippen LogP) is 2.89. The molecule has 1 saturated carbocycles. The van der Waals surface area contributed by atoms with E-state index in [1.807, 2.05) is 0 Å². The average Bonchev–Trinajstić information content (AvgIpc) is 2.89. The lowest BCUT2D eigenvalue weighted by atomic mass is 9.84. The third kappa shape index (κ3) is 2.71. The van der Waals surface area contributed by atoms with Crippen molar-refractivity contribution in [1.29, 1.82) is 0 Å². The Bertz CT molecular complexity index is 246. The second-order valence-corrected chi connectivity index (χ2v) is 6.66. The highest BCUT2D eigenvalue weighted by Gasteiger charge is 2.43. The first-order valence-corrected chi connectivity index (χ1v) is 8.22. The molecule has 1 N–H and O–H groups in total. The van der Waals surface area contributed by atoms with Crippen molar-refractivity contribution in [1.82, 2.24) is 4.90 Å². The highest BCUT2D eigenvalue weighted by atomic mass is 79.9. The maximum Gasteiger partial charge on any atom is 0.0583 e. The molecule has 17 heavy (non-hydrogen) atoms. The number of fused-ring (bicyclic) bond motifs is 1. The minimum Gasteiger partial charge on any atom is -0.393 e. The minimum absolute atomic E-state index is 0.0216. The van der Waals surface area contributed by atoms with Crippen LogP contribution in [0.4, 0.5) is 0 Å². The summed E-state index contributed by atoms with van der Waals surface area (Å²) in [5.41, 5.74) is 0.434. The van der Waals surface area contributed by atoms with Crippen molar-refractivity contribution in [3.63, 3.8) is 0 Å². The van der Waals surface area contributed by atoms with E-state index in [0.29, 0.717) is 11.3 Å². The molecule has 0 spiro atoms. The lowest BCUT2D eigenvalue weighted by Gasteiger charge is -2.34. The number of alkyl halides is 1. The zero-order valence-electron chi connectivity index (χ0n) is 11.2. The summed E-state index contributed by atoms with van der Waals surface area (Å²) in [6.45, 7) is 8.15. The van der Waals surface area contributed by atoms with Gasteiger partial charge in [0.2, 0.25) is 0 Å². The van der Waals surface area contributed by atoms with E-state index in [-0.39, 0.29) is 6.10 Å². The summed E-state index contributed by atoms with van der Waals surface area (Å²) < 4.78 is 0. The van der Waals surface area contributed by atoms with Crippen LogP contribution < -0.4 is 0 Å². The molecular formula is C14H26BrNO. The highest BCUT2D eigenvalue weighted by Crippen LogP contribution is 2.40. The first kappa shape index (κ1) is 13.8. The van der Waals surface area contributed by atoms with Gasteiger partial charge in [0.05, 0.1) is 6.10 Å². The Morgan fingerprint density at radius 3 is 2.47 bits per heavy atom. The number of rotatable bonds is 5. The Labute approximate surface area is 114 Å². The molecule has 0 amide bonds. The molecule has 1 saturated heterocycles. The molecule has 1 aliphatic carbocycles. The van der Waals surface area contributed by atoms with Crippen LogP contribution in [0, 0.1) is 17.3 Å². The second kappa shape index (κ2) is 5.58. The molecule has 2 rings (SSSR count). The fourth-order valence-corrected chi connectivity index (χ4v) is 4.61. The maximum atomic E-state index is 9.95. The Hall–Kier alpha value is 0.400. The summed E-state index contributed by atoms with van der Waals surface area (Å²) in [5, 5.41) is 11.0. The van der Waals surface area contributed by atoms with Gasteiger partial charge in [-0.2, -0.15) is 0 Å². The number of halogens is 1. The predicted molar refractivity (Wildman–Crippen MR) is 75.5 cm³/mol. The molecule has 0 aromatic carbocycles. The van der Waals surface area contributed by atoms with E-state index >= 15 is 0 Å². The molecule has 3 heteroatoms. The summed E-state index contributed by atoms with van der Waals surface area (Å²) in [5.74, 6) is 1.34. The molecule has 1 aliphatic heterocycles. The molecule has 0 bridgehead atoms. The largest absolute Gasteiger partial charge is 0.393 e. The fraction of sp³-hybridized carbons (Fsp3) is 1.00. The van der Waals surface area contributed by atoms with Gasteiger partial charge in [-0.05, 0) is 37.0 Å². The number of likely N-dealkylation sites (tertiary alicyclic amines) is 1. The Kier molecular flexibility index (Phi) is 4.54. The van der Waals surface area contributed by atoms with Gasteiger partial charge in [0.1, 0.15) is 0 Å². The fourth-order valence-electron chi connectivity index (χ4n) is 3.64. The van der Waals surface area contributed by atoms with Crippen molar-refractivity contribution in [2.45, 2.75) is 45.6 Å². The summed E-state index contributed by atoms with van der Waals surface area (Å²) in [6, 6.07) is 0. The number of hydrogen-bond acceptors (Lipinski definition) is 2. The van der Waals surface area contributed by atoms with Crippen molar-refractivity contribution in [3.8, 4) is 0 Å². The third-order valence-electron chi connectivity index (χ3n) is 5.24. The van der Waals surface area contributed by atoms with E-state index in [4.69, 9.17) is 0 Å². The first-order chi connectivity index (χ1) is 8.14. The molecule has 3 atom stereocenters. The van der Waals surface area contributed by atoms with E-state index in [0.717, 1.165) is 24.2 Å². The van der Waals surface area contributed by atoms with Gasteiger partial charge in [-0.15, -0.1) is 0 Å². The zero-order chi connectivity index (χ0) is 12.5. The normalized spacial score (nSPS) is 34.2. The first-order valence-electron chi connectivity index (χ1n) is 7.10. The van der Waals surface area contributed by atoms with Crippen LogP contribution in [0.5, 0.6) is 0 Å². The van der Waals surface area contributed by atoms with Gasteiger partial charge < -0.3 is 10.0 Å². The highest BCUT2D eigenvalue weighted by molar-refractivity contribution is 9.09. The molecule has 100 valence electrons. The lowest BCUT2D eigenvalue weighted by Crippen LogP contribution is -2.38. The van der Waals surface area contributed by atoms with Crippen LogP contribution in [0.15, 0.2) is 0 Å². The minimum atomic E-state index is -0.0216. The van der Waals surface area contributed by atoms with Crippen molar-refractivity contribution in [3.05, 3.63) is 0 Å². The van der Waals surface area contributed by atoms with Crippen LogP contribution in [0.25, 0.3) is 0 Å². The molecule has 0 radical (unpaired) electrons. The second-order valence-electron chi connectivity index (χ2n) is 6.10. The Balaban J connectivity index is 1.93. The molecule has 1 heterocycles. The molecule has 2 nitrogen and oxygen atoms in total. The standard InChI is InChI=1S/C14H26BrNO/c1-3-14(4-2,9-15)10-16-7-11-5-6-13(17)12(11)8-16/h11-13,17H,3-10H2,1-2H3. The zero-order valence-corrected chi connectivity index (χ0v) is 12.7. The van der Waals surface area contributed by atoms with E-state index < -0.39 is 0 Å². The quantitative estimate of drug-likeness (QED) is 0.790. The number of nitrogens with zero attached hydrogens (tertiary/aromatic N) is 1. The smallest absolute Gasteiger partial charge is 0.0583 e. The SMILES string of the molecule is CCC(CC)(CBr)CN1CC2CCC(O)C2C1.